The molecule has 0 heterocycles. The molecule has 0 aromatic heterocycles. The zero-order valence-corrected chi connectivity index (χ0v) is 40.7. The summed E-state index contributed by atoms with van der Waals surface area (Å²) in [4.78, 5) is 48.5. The van der Waals surface area contributed by atoms with Gasteiger partial charge in [0.05, 0.1) is 36.9 Å². The fourth-order valence-corrected chi connectivity index (χ4v) is 8.59. The number of hydrogen-bond donors (Lipinski definition) is 4. The fourth-order valence-electron chi connectivity index (χ4n) is 8.59. The van der Waals surface area contributed by atoms with Crippen molar-refractivity contribution in [2.75, 3.05) is 0 Å². The van der Waals surface area contributed by atoms with Crippen LogP contribution < -0.4 is 0 Å². The van der Waals surface area contributed by atoms with E-state index in [4.69, 9.17) is 4.74 Å². The highest BCUT2D eigenvalue weighted by molar-refractivity contribution is 5.87. The number of hydrogen-bond acceptors (Lipinski definition) is 7. The molecule has 4 N–H and O–H groups in total. The van der Waals surface area contributed by atoms with E-state index in [1.807, 2.05) is 0 Å². The van der Waals surface area contributed by atoms with Gasteiger partial charge in [-0.3, -0.25) is 19.2 Å². The predicted octanol–water partition coefficient (Wildman–Crippen LogP) is 14.6. The van der Waals surface area contributed by atoms with Crippen molar-refractivity contribution in [3.63, 3.8) is 0 Å². The first-order valence-corrected chi connectivity index (χ1v) is 25.4. The van der Waals surface area contributed by atoms with Crippen molar-refractivity contribution in [1.82, 2.24) is 0 Å². The lowest BCUT2D eigenvalue weighted by Gasteiger charge is -2.27. The number of rotatable bonds is 42. The second-order valence-corrected chi connectivity index (χ2v) is 21.5. The Kier molecular flexibility index (Phi) is 34.2. The summed E-state index contributed by atoms with van der Waals surface area (Å²) in [5.41, 5.74) is -2.83. The van der Waals surface area contributed by atoms with Gasteiger partial charge in [0.1, 0.15) is 0 Å². The Bertz CT molecular complexity index is 1040. The van der Waals surface area contributed by atoms with Crippen molar-refractivity contribution in [2.24, 2.45) is 10.8 Å². The zero-order valence-electron chi connectivity index (χ0n) is 40.7. The third-order valence-corrected chi connectivity index (χ3v) is 12.3. The summed E-state index contributed by atoms with van der Waals surface area (Å²) in [6.07, 6.45) is 35.4. The number of aliphatic hydroxyl groups is 2. The Balaban J connectivity index is 4.24. The highest BCUT2D eigenvalue weighted by Gasteiger charge is 2.37. The predicted molar refractivity (Wildman–Crippen MR) is 251 cm³/mol. The molecule has 0 aromatic carbocycles. The fraction of sp³-hybridized carbons (Fsp3) is 0.923. The lowest BCUT2D eigenvalue weighted by Crippen LogP contribution is -2.38. The van der Waals surface area contributed by atoms with Gasteiger partial charge >= 0.3 is 23.9 Å². The molecule has 9 heteroatoms. The molecule has 0 saturated heterocycles. The van der Waals surface area contributed by atoms with Gasteiger partial charge in [-0.1, -0.05) is 234 Å². The van der Waals surface area contributed by atoms with E-state index in [0.717, 1.165) is 51.4 Å². The summed E-state index contributed by atoms with van der Waals surface area (Å²) in [6.45, 7) is 13.9. The molecule has 360 valence electrons. The van der Waals surface area contributed by atoms with Crippen LogP contribution in [0.1, 0.15) is 286 Å². The minimum atomic E-state index is -1.86. The monoisotopic (exact) mass is 867 g/mol. The summed E-state index contributed by atoms with van der Waals surface area (Å²) in [5, 5.41) is 41.0. The number of carboxylic acid groups (broad SMARTS) is 2. The van der Waals surface area contributed by atoms with E-state index in [9.17, 15) is 39.6 Å². The van der Waals surface area contributed by atoms with Crippen LogP contribution in [0.5, 0.6) is 0 Å². The first-order chi connectivity index (χ1) is 28.7. The van der Waals surface area contributed by atoms with Crippen molar-refractivity contribution in [3.05, 3.63) is 0 Å². The minimum absolute atomic E-state index is 0.0838. The summed E-state index contributed by atoms with van der Waals surface area (Å²) < 4.78 is 4.91. The molecule has 0 radical (unpaired) electrons. The molecule has 0 rings (SSSR count). The first kappa shape index (κ1) is 59.0. The number of esters is 2. The number of ether oxygens (including phenoxy) is 1. The van der Waals surface area contributed by atoms with Crippen LogP contribution in [0.4, 0.5) is 0 Å². The van der Waals surface area contributed by atoms with E-state index in [0.29, 0.717) is 23.7 Å². The minimum Gasteiger partial charge on any atom is -0.481 e. The van der Waals surface area contributed by atoms with Crippen LogP contribution in [-0.2, 0) is 23.9 Å². The van der Waals surface area contributed by atoms with Gasteiger partial charge < -0.3 is 25.2 Å². The average molecular weight is 867 g/mol. The molecule has 0 fully saturated rings. The third kappa shape index (κ3) is 41.8. The molecular weight excluding hydrogens is 769 g/mol. The van der Waals surface area contributed by atoms with E-state index in [2.05, 4.69) is 41.5 Å². The van der Waals surface area contributed by atoms with E-state index in [1.54, 1.807) is 0 Å². The van der Waals surface area contributed by atoms with Crippen LogP contribution in [0.2, 0.25) is 0 Å². The molecule has 0 bridgehead atoms. The molecule has 0 aliphatic carbocycles. The van der Waals surface area contributed by atoms with Gasteiger partial charge in [0.2, 0.25) is 0 Å². The molecule has 0 aliphatic heterocycles. The topological polar surface area (TPSA) is 158 Å². The summed E-state index contributed by atoms with van der Waals surface area (Å²) in [6, 6.07) is 0. The maximum atomic E-state index is 12.7. The van der Waals surface area contributed by atoms with Crippen LogP contribution >= 0.6 is 0 Å². The highest BCUT2D eigenvalue weighted by Crippen LogP contribution is 2.28. The van der Waals surface area contributed by atoms with Crippen LogP contribution in [0.3, 0.4) is 0 Å². The molecular formula is C52H98O9. The number of carboxylic acids is 2. The number of carbonyl (C=O) groups excluding carboxylic acids is 2. The SMILES string of the molecule is CC(C)(C)CCCCCCCCCCCCCCCCCC(O)(CC(=O)O)CC(=O)OC(=O)CC(O)(CCCCCCCCCCCCCCCCCC(C)(C)C)CC(=O)O. The molecule has 0 aliphatic rings. The Labute approximate surface area is 374 Å². The molecule has 2 atom stereocenters. The zero-order chi connectivity index (χ0) is 45.9. The Hall–Kier alpha value is -2.00. The molecule has 9 nitrogen and oxygen atoms in total. The third-order valence-electron chi connectivity index (χ3n) is 12.3. The maximum Gasteiger partial charge on any atom is 0.316 e. The number of carbonyl (C=O) groups is 4. The molecule has 0 saturated carbocycles. The molecule has 61 heavy (non-hydrogen) atoms. The Morgan fingerprint density at radius 3 is 0.672 bits per heavy atom. The van der Waals surface area contributed by atoms with E-state index in [1.165, 1.54) is 141 Å². The largest absolute Gasteiger partial charge is 0.481 e. The standard InChI is InChI=1S/C52H98O9/c1-49(2,3)37-33-29-25-21-17-13-9-7-11-15-19-23-27-31-35-39-51(59,41-45(53)54)43-47(57)61-48(58)44-52(60,42-46(55)56)40-36-32-28-24-20-16-12-8-10-14-18-22-26-30-34-38-50(4,5)6/h59-60H,7-44H2,1-6H3,(H,53,54)(H,55,56). The molecule has 0 amide bonds. The van der Waals surface area contributed by atoms with Crippen LogP contribution in [0.25, 0.3) is 0 Å². The van der Waals surface area contributed by atoms with Crippen molar-refractivity contribution in [1.29, 1.82) is 0 Å². The van der Waals surface area contributed by atoms with Gasteiger partial charge in [-0.25, -0.2) is 0 Å². The maximum absolute atomic E-state index is 12.7. The van der Waals surface area contributed by atoms with Crippen molar-refractivity contribution in [3.8, 4) is 0 Å². The smallest absolute Gasteiger partial charge is 0.316 e. The second-order valence-electron chi connectivity index (χ2n) is 21.5. The Morgan fingerprint density at radius 1 is 0.311 bits per heavy atom. The van der Waals surface area contributed by atoms with E-state index < -0.39 is 60.8 Å². The van der Waals surface area contributed by atoms with Gasteiger partial charge in [0.15, 0.2) is 0 Å². The van der Waals surface area contributed by atoms with E-state index in [-0.39, 0.29) is 12.8 Å². The van der Waals surface area contributed by atoms with Crippen LogP contribution in [0, 0.1) is 10.8 Å². The average Bonchev–Trinajstić information content (AvgIpc) is 3.12. The van der Waals surface area contributed by atoms with Crippen molar-refractivity contribution in [2.45, 2.75) is 297 Å². The van der Waals surface area contributed by atoms with Gasteiger partial charge in [-0.15, -0.1) is 0 Å². The van der Waals surface area contributed by atoms with Crippen molar-refractivity contribution >= 4 is 23.9 Å². The lowest BCUT2D eigenvalue weighted by molar-refractivity contribution is -0.167. The van der Waals surface area contributed by atoms with Gasteiger partial charge in [-0.05, 0) is 36.5 Å². The summed E-state index contributed by atoms with van der Waals surface area (Å²) >= 11 is 0. The Morgan fingerprint density at radius 2 is 0.492 bits per heavy atom. The lowest BCUT2D eigenvalue weighted by atomic mass is 9.88. The number of aliphatic carboxylic acids is 2. The van der Waals surface area contributed by atoms with Crippen LogP contribution in [0.15, 0.2) is 0 Å². The molecule has 0 spiro atoms. The highest BCUT2D eigenvalue weighted by atomic mass is 16.6. The van der Waals surface area contributed by atoms with Crippen molar-refractivity contribution < 1.29 is 44.3 Å². The number of unbranched alkanes of at least 4 members (excludes halogenated alkanes) is 28. The van der Waals surface area contributed by atoms with Crippen LogP contribution in [-0.4, -0.2) is 55.5 Å². The van der Waals surface area contributed by atoms with Gasteiger partial charge in [0.25, 0.3) is 0 Å². The van der Waals surface area contributed by atoms with Gasteiger partial charge in [0, 0.05) is 0 Å². The second kappa shape index (κ2) is 35.4. The van der Waals surface area contributed by atoms with E-state index >= 15 is 0 Å². The normalized spacial score (nSPS) is 14.1. The van der Waals surface area contributed by atoms with Gasteiger partial charge in [-0.2, -0.15) is 0 Å². The summed E-state index contributed by atoms with van der Waals surface area (Å²) in [7, 11) is 0. The summed E-state index contributed by atoms with van der Waals surface area (Å²) in [5.74, 6) is -4.67. The molecule has 2 unspecified atom stereocenters. The quantitative estimate of drug-likeness (QED) is 0.0266. The first-order valence-electron chi connectivity index (χ1n) is 25.4. The molecule has 0 aromatic rings.